The molecule has 0 radical (unpaired) electrons. The molecule has 0 aliphatic heterocycles. The number of hydrogen-bond acceptors (Lipinski definition) is 3. The number of ketones is 1. The molecule has 0 fully saturated rings. The highest BCUT2D eigenvalue weighted by molar-refractivity contribution is 6.30. The monoisotopic (exact) mass is 353 g/mol. The van der Waals surface area contributed by atoms with E-state index in [1.54, 1.807) is 35.3 Å². The molecule has 128 valence electrons. The van der Waals surface area contributed by atoms with Crippen molar-refractivity contribution in [3.8, 4) is 0 Å². The van der Waals surface area contributed by atoms with Crippen LogP contribution in [0.15, 0.2) is 67.3 Å². The fourth-order valence-corrected chi connectivity index (χ4v) is 3.01. The Balaban J connectivity index is 1.64. The number of nitrogens with zero attached hydrogens (tertiary/aromatic N) is 3. The number of Topliss-reactive ketones (excluding diaryl/α,β-unsaturated/α-hetero) is 1. The Morgan fingerprint density at radius 2 is 1.80 bits per heavy atom. The molecule has 0 amide bonds. The molecule has 1 heterocycles. The summed E-state index contributed by atoms with van der Waals surface area (Å²) in [7, 11) is 0. The molecule has 3 aromatic rings. The van der Waals surface area contributed by atoms with Crippen LogP contribution in [0.4, 0.5) is 0 Å². The van der Waals surface area contributed by atoms with Gasteiger partial charge in [0, 0.05) is 10.6 Å². The van der Waals surface area contributed by atoms with E-state index < -0.39 is 0 Å². The number of rotatable bonds is 8. The van der Waals surface area contributed by atoms with Crippen molar-refractivity contribution < 1.29 is 4.79 Å². The topological polar surface area (TPSA) is 47.8 Å². The van der Waals surface area contributed by atoms with Crippen molar-refractivity contribution in [2.45, 2.75) is 31.7 Å². The van der Waals surface area contributed by atoms with Gasteiger partial charge in [0.15, 0.2) is 5.78 Å². The van der Waals surface area contributed by atoms with Crippen LogP contribution in [-0.4, -0.2) is 20.5 Å². The van der Waals surface area contributed by atoms with Crippen molar-refractivity contribution in [1.29, 1.82) is 0 Å². The van der Waals surface area contributed by atoms with Crippen LogP contribution < -0.4 is 0 Å². The highest BCUT2D eigenvalue weighted by Gasteiger charge is 2.22. The molecule has 0 bridgehead atoms. The first-order valence-electron chi connectivity index (χ1n) is 8.42. The highest BCUT2D eigenvalue weighted by Crippen LogP contribution is 2.21. The second-order valence-electron chi connectivity index (χ2n) is 5.99. The number of aryl methyl sites for hydroxylation is 1. The zero-order valence-electron chi connectivity index (χ0n) is 13.9. The first-order chi connectivity index (χ1) is 12.2. The van der Waals surface area contributed by atoms with Crippen LogP contribution in [0, 0.1) is 0 Å². The molecule has 4 nitrogen and oxygen atoms in total. The highest BCUT2D eigenvalue weighted by atomic mass is 35.5. The minimum absolute atomic E-state index is 0.0434. The van der Waals surface area contributed by atoms with Crippen molar-refractivity contribution in [1.82, 2.24) is 14.8 Å². The maximum atomic E-state index is 12.9. The lowest BCUT2D eigenvalue weighted by Gasteiger charge is -2.16. The molecule has 1 atom stereocenters. The Hall–Kier alpha value is -2.46. The Bertz CT molecular complexity index is 786. The molecule has 1 unspecified atom stereocenters. The number of halogens is 1. The van der Waals surface area contributed by atoms with Crippen molar-refractivity contribution in [2.75, 3.05) is 0 Å². The lowest BCUT2D eigenvalue weighted by molar-refractivity contribution is 0.0908. The van der Waals surface area contributed by atoms with E-state index in [1.807, 2.05) is 6.07 Å². The van der Waals surface area contributed by atoms with Crippen molar-refractivity contribution in [2.24, 2.45) is 0 Å². The molecule has 1 aromatic heterocycles. The van der Waals surface area contributed by atoms with Crippen LogP contribution in [0.5, 0.6) is 0 Å². The SMILES string of the molecule is O=C(c1ccc(Cl)cc1)C(CCCCc1ccccc1)n1cncn1. The molecule has 0 saturated heterocycles. The number of benzene rings is 2. The number of unbranched alkanes of at least 4 members (excludes halogenated alkanes) is 1. The van der Waals surface area contributed by atoms with E-state index in [2.05, 4.69) is 34.3 Å². The third kappa shape index (κ3) is 4.77. The van der Waals surface area contributed by atoms with Gasteiger partial charge in [0.1, 0.15) is 18.7 Å². The molecule has 0 aliphatic rings. The van der Waals surface area contributed by atoms with Crippen LogP contribution in [0.1, 0.15) is 41.2 Å². The van der Waals surface area contributed by atoms with Gasteiger partial charge in [-0.3, -0.25) is 4.79 Å². The van der Waals surface area contributed by atoms with Crippen LogP contribution in [0.2, 0.25) is 5.02 Å². The fourth-order valence-electron chi connectivity index (χ4n) is 2.88. The average molecular weight is 354 g/mol. The van der Waals surface area contributed by atoms with Crippen molar-refractivity contribution in [3.05, 3.63) is 83.4 Å². The smallest absolute Gasteiger partial charge is 0.187 e. The van der Waals surface area contributed by atoms with Gasteiger partial charge in [0.2, 0.25) is 0 Å². The van der Waals surface area contributed by atoms with Gasteiger partial charge in [-0.15, -0.1) is 0 Å². The summed E-state index contributed by atoms with van der Waals surface area (Å²) >= 11 is 5.92. The van der Waals surface area contributed by atoms with Crippen molar-refractivity contribution in [3.63, 3.8) is 0 Å². The summed E-state index contributed by atoms with van der Waals surface area (Å²) in [5.41, 5.74) is 1.97. The van der Waals surface area contributed by atoms with Crippen LogP contribution in [-0.2, 0) is 6.42 Å². The van der Waals surface area contributed by atoms with E-state index in [0.29, 0.717) is 10.6 Å². The summed E-state index contributed by atoms with van der Waals surface area (Å²) in [6, 6.07) is 17.1. The quantitative estimate of drug-likeness (QED) is 0.433. The minimum Gasteiger partial charge on any atom is -0.292 e. The predicted octanol–water partition coefficient (Wildman–Crippen LogP) is 4.77. The van der Waals surface area contributed by atoms with Gasteiger partial charge in [-0.1, -0.05) is 48.4 Å². The minimum atomic E-state index is -0.334. The summed E-state index contributed by atoms with van der Waals surface area (Å²) < 4.78 is 1.65. The van der Waals surface area contributed by atoms with E-state index in [4.69, 9.17) is 11.6 Å². The molecular weight excluding hydrogens is 334 g/mol. The first kappa shape index (κ1) is 17.4. The van der Waals surface area contributed by atoms with Crippen LogP contribution >= 0.6 is 11.6 Å². The third-order valence-corrected chi connectivity index (χ3v) is 4.48. The molecule has 0 aliphatic carbocycles. The van der Waals surface area contributed by atoms with Crippen molar-refractivity contribution >= 4 is 17.4 Å². The Kier molecular flexibility index (Phi) is 5.96. The summed E-state index contributed by atoms with van der Waals surface area (Å²) in [5, 5.41) is 4.80. The summed E-state index contributed by atoms with van der Waals surface area (Å²) in [5.74, 6) is 0.0434. The standard InChI is InChI=1S/C20H20ClN3O/c21-18-12-10-17(11-13-18)20(25)19(24-15-22-14-23-24)9-5-4-8-16-6-2-1-3-7-16/h1-3,6-7,10-15,19H,4-5,8-9H2. The van der Waals surface area contributed by atoms with Gasteiger partial charge in [0.05, 0.1) is 0 Å². The normalized spacial score (nSPS) is 12.0. The van der Waals surface area contributed by atoms with Gasteiger partial charge in [0.25, 0.3) is 0 Å². The van der Waals surface area contributed by atoms with Gasteiger partial charge >= 0.3 is 0 Å². The second-order valence-corrected chi connectivity index (χ2v) is 6.43. The summed E-state index contributed by atoms with van der Waals surface area (Å²) in [6.07, 6.45) is 6.79. The molecule has 25 heavy (non-hydrogen) atoms. The Morgan fingerprint density at radius 3 is 2.48 bits per heavy atom. The second kappa shape index (κ2) is 8.58. The zero-order chi connectivity index (χ0) is 17.5. The Labute approximate surface area is 152 Å². The van der Waals surface area contributed by atoms with Gasteiger partial charge in [-0.25, -0.2) is 9.67 Å². The number of carbonyl (C=O) groups is 1. The maximum absolute atomic E-state index is 12.9. The molecule has 0 saturated carbocycles. The van der Waals surface area contributed by atoms with Crippen LogP contribution in [0.3, 0.4) is 0 Å². The molecule has 2 aromatic carbocycles. The molecule has 5 heteroatoms. The largest absolute Gasteiger partial charge is 0.292 e. The number of carbonyl (C=O) groups excluding carboxylic acids is 1. The Morgan fingerprint density at radius 1 is 1.04 bits per heavy atom. The molecule has 3 rings (SSSR count). The first-order valence-corrected chi connectivity index (χ1v) is 8.79. The summed E-state index contributed by atoms with van der Waals surface area (Å²) in [6.45, 7) is 0. The molecule has 0 spiro atoms. The van der Waals surface area contributed by atoms with E-state index >= 15 is 0 Å². The number of aromatic nitrogens is 3. The van der Waals surface area contributed by atoms with E-state index in [1.165, 1.54) is 11.9 Å². The lowest BCUT2D eigenvalue weighted by atomic mass is 9.98. The van der Waals surface area contributed by atoms with Gasteiger partial charge in [-0.2, -0.15) is 5.10 Å². The van der Waals surface area contributed by atoms with Gasteiger partial charge < -0.3 is 0 Å². The fraction of sp³-hybridized carbons (Fsp3) is 0.250. The van der Waals surface area contributed by atoms with E-state index in [-0.39, 0.29) is 11.8 Å². The lowest BCUT2D eigenvalue weighted by Crippen LogP contribution is -2.20. The van der Waals surface area contributed by atoms with E-state index in [0.717, 1.165) is 25.7 Å². The molecule has 0 N–H and O–H groups in total. The zero-order valence-corrected chi connectivity index (χ0v) is 14.6. The van der Waals surface area contributed by atoms with E-state index in [9.17, 15) is 4.79 Å². The average Bonchev–Trinajstić information content (AvgIpc) is 3.17. The third-order valence-electron chi connectivity index (χ3n) is 4.22. The predicted molar refractivity (Wildman–Crippen MR) is 98.8 cm³/mol. The summed E-state index contributed by atoms with van der Waals surface area (Å²) in [4.78, 5) is 16.9. The maximum Gasteiger partial charge on any atom is 0.187 e. The number of hydrogen-bond donors (Lipinski definition) is 0. The molecular formula is C20H20ClN3O. The van der Waals surface area contributed by atoms with Gasteiger partial charge in [-0.05, 0) is 49.1 Å². The van der Waals surface area contributed by atoms with Crippen LogP contribution in [0.25, 0.3) is 0 Å².